The third-order valence-corrected chi connectivity index (χ3v) is 3.20. The summed E-state index contributed by atoms with van der Waals surface area (Å²) in [7, 11) is 0. The van der Waals surface area contributed by atoms with Crippen LogP contribution in [0.15, 0.2) is 29.0 Å². The molecule has 1 aromatic heterocycles. The van der Waals surface area contributed by atoms with Crippen molar-refractivity contribution in [2.75, 3.05) is 5.73 Å². The fourth-order valence-electron chi connectivity index (χ4n) is 1.34. The van der Waals surface area contributed by atoms with Gasteiger partial charge in [-0.3, -0.25) is 4.57 Å². The SMILES string of the molecule is Cc1cc(Br)c(-n2ccnc2N)cc1Cl. The standard InChI is InChI=1S/C10H9BrClN3/c1-6-4-7(11)9(5-8(6)12)15-3-2-14-10(15)13/h2-5H,1H3,(H2,13,14). The Labute approximate surface area is 101 Å². The van der Waals surface area contributed by atoms with E-state index in [0.717, 1.165) is 15.7 Å². The molecule has 0 aliphatic heterocycles. The van der Waals surface area contributed by atoms with Crippen LogP contribution in [0.2, 0.25) is 5.02 Å². The molecule has 0 aliphatic rings. The van der Waals surface area contributed by atoms with Gasteiger partial charge in [-0.05, 0) is 40.5 Å². The number of anilines is 1. The Morgan fingerprint density at radius 2 is 2.20 bits per heavy atom. The second kappa shape index (κ2) is 3.87. The Morgan fingerprint density at radius 1 is 1.47 bits per heavy atom. The number of nitrogens with two attached hydrogens (primary N) is 1. The summed E-state index contributed by atoms with van der Waals surface area (Å²) in [6.45, 7) is 1.95. The van der Waals surface area contributed by atoms with Crippen LogP contribution in [0.1, 0.15) is 5.56 Å². The summed E-state index contributed by atoms with van der Waals surface area (Å²) in [5.41, 5.74) is 7.63. The Hall–Kier alpha value is -1.00. The lowest BCUT2D eigenvalue weighted by Crippen LogP contribution is -2.00. The van der Waals surface area contributed by atoms with Gasteiger partial charge in [-0.1, -0.05) is 11.6 Å². The number of hydrogen-bond donors (Lipinski definition) is 1. The summed E-state index contributed by atoms with van der Waals surface area (Å²) in [5, 5.41) is 0.710. The van der Waals surface area contributed by atoms with Crippen LogP contribution in [0.3, 0.4) is 0 Å². The normalized spacial score (nSPS) is 10.6. The van der Waals surface area contributed by atoms with E-state index in [9.17, 15) is 0 Å². The molecule has 0 saturated heterocycles. The quantitative estimate of drug-likeness (QED) is 0.875. The lowest BCUT2D eigenvalue weighted by molar-refractivity contribution is 1.06. The molecule has 78 valence electrons. The number of benzene rings is 1. The molecule has 2 rings (SSSR count). The van der Waals surface area contributed by atoms with E-state index in [-0.39, 0.29) is 0 Å². The molecule has 0 atom stereocenters. The zero-order chi connectivity index (χ0) is 11.0. The van der Waals surface area contributed by atoms with Gasteiger partial charge in [-0.25, -0.2) is 4.98 Å². The Balaban J connectivity index is 2.64. The van der Waals surface area contributed by atoms with Gasteiger partial charge in [0.25, 0.3) is 0 Å². The number of halogens is 2. The topological polar surface area (TPSA) is 43.8 Å². The van der Waals surface area contributed by atoms with Gasteiger partial charge in [-0.2, -0.15) is 0 Å². The third kappa shape index (κ3) is 1.87. The van der Waals surface area contributed by atoms with Crippen molar-refractivity contribution in [1.29, 1.82) is 0 Å². The lowest BCUT2D eigenvalue weighted by atomic mass is 10.2. The molecule has 0 spiro atoms. The van der Waals surface area contributed by atoms with E-state index in [4.69, 9.17) is 17.3 Å². The number of aromatic nitrogens is 2. The molecule has 0 saturated carbocycles. The fraction of sp³-hybridized carbons (Fsp3) is 0.100. The maximum Gasteiger partial charge on any atom is 0.204 e. The minimum Gasteiger partial charge on any atom is -0.369 e. The number of rotatable bonds is 1. The zero-order valence-corrected chi connectivity index (χ0v) is 10.4. The summed E-state index contributed by atoms with van der Waals surface area (Å²) in [6.07, 6.45) is 3.44. The number of nitrogen functional groups attached to an aromatic ring is 1. The van der Waals surface area contributed by atoms with Crippen molar-refractivity contribution in [2.45, 2.75) is 6.92 Å². The fourth-order valence-corrected chi connectivity index (χ4v) is 2.15. The van der Waals surface area contributed by atoms with E-state index in [0.29, 0.717) is 11.0 Å². The van der Waals surface area contributed by atoms with Gasteiger partial charge in [0, 0.05) is 21.9 Å². The van der Waals surface area contributed by atoms with Gasteiger partial charge in [0.1, 0.15) is 0 Å². The first-order valence-corrected chi connectivity index (χ1v) is 5.51. The van der Waals surface area contributed by atoms with E-state index in [1.54, 1.807) is 17.0 Å². The average molecular weight is 287 g/mol. The molecule has 0 aliphatic carbocycles. The van der Waals surface area contributed by atoms with Crippen molar-refractivity contribution < 1.29 is 0 Å². The van der Waals surface area contributed by atoms with Gasteiger partial charge in [0.2, 0.25) is 5.95 Å². The van der Waals surface area contributed by atoms with Gasteiger partial charge in [0.15, 0.2) is 0 Å². The average Bonchev–Trinajstić information content (AvgIpc) is 2.58. The van der Waals surface area contributed by atoms with Crippen LogP contribution >= 0.6 is 27.5 Å². The first-order chi connectivity index (χ1) is 7.09. The molecule has 2 aromatic rings. The molecule has 1 aromatic carbocycles. The molecule has 2 N–H and O–H groups in total. The molecule has 0 fully saturated rings. The highest BCUT2D eigenvalue weighted by Crippen LogP contribution is 2.28. The molecular formula is C10H9BrClN3. The monoisotopic (exact) mass is 285 g/mol. The molecule has 0 radical (unpaired) electrons. The number of imidazole rings is 1. The molecule has 0 amide bonds. The van der Waals surface area contributed by atoms with Crippen LogP contribution in [-0.4, -0.2) is 9.55 Å². The van der Waals surface area contributed by atoms with E-state index < -0.39 is 0 Å². The summed E-state index contributed by atoms with van der Waals surface area (Å²) in [5.74, 6) is 0.440. The van der Waals surface area contributed by atoms with Crippen molar-refractivity contribution in [2.24, 2.45) is 0 Å². The number of nitrogens with zero attached hydrogens (tertiary/aromatic N) is 2. The van der Waals surface area contributed by atoms with Gasteiger partial charge >= 0.3 is 0 Å². The zero-order valence-electron chi connectivity index (χ0n) is 8.04. The lowest BCUT2D eigenvalue weighted by Gasteiger charge is -2.09. The summed E-state index contributed by atoms with van der Waals surface area (Å²) in [4.78, 5) is 3.96. The predicted octanol–water partition coefficient (Wildman–Crippen LogP) is 3.18. The Bertz CT molecular complexity index is 507. The van der Waals surface area contributed by atoms with Gasteiger partial charge in [-0.15, -0.1) is 0 Å². The maximum atomic E-state index is 6.06. The molecule has 15 heavy (non-hydrogen) atoms. The molecule has 3 nitrogen and oxygen atoms in total. The van der Waals surface area contributed by atoms with Crippen molar-refractivity contribution in [3.05, 3.63) is 39.6 Å². The number of hydrogen-bond acceptors (Lipinski definition) is 2. The highest BCUT2D eigenvalue weighted by Gasteiger charge is 2.08. The second-order valence-corrected chi connectivity index (χ2v) is 4.47. The van der Waals surface area contributed by atoms with E-state index in [1.807, 2.05) is 19.1 Å². The van der Waals surface area contributed by atoms with Crippen LogP contribution in [0, 0.1) is 6.92 Å². The van der Waals surface area contributed by atoms with Crippen LogP contribution in [0.25, 0.3) is 5.69 Å². The van der Waals surface area contributed by atoms with Crippen molar-refractivity contribution in [3.8, 4) is 5.69 Å². The summed E-state index contributed by atoms with van der Waals surface area (Å²) >= 11 is 9.53. The Morgan fingerprint density at radius 3 is 2.80 bits per heavy atom. The van der Waals surface area contributed by atoms with E-state index >= 15 is 0 Å². The largest absolute Gasteiger partial charge is 0.369 e. The third-order valence-electron chi connectivity index (χ3n) is 2.16. The molecule has 0 bridgehead atoms. The van der Waals surface area contributed by atoms with Crippen LogP contribution in [0.5, 0.6) is 0 Å². The maximum absolute atomic E-state index is 6.06. The predicted molar refractivity (Wildman–Crippen MR) is 65.4 cm³/mol. The van der Waals surface area contributed by atoms with Gasteiger partial charge < -0.3 is 5.73 Å². The molecule has 1 heterocycles. The summed E-state index contributed by atoms with van der Waals surface area (Å²) < 4.78 is 2.71. The highest BCUT2D eigenvalue weighted by molar-refractivity contribution is 9.10. The van der Waals surface area contributed by atoms with Crippen molar-refractivity contribution in [3.63, 3.8) is 0 Å². The van der Waals surface area contributed by atoms with Crippen LogP contribution in [0.4, 0.5) is 5.95 Å². The Kier molecular flexibility index (Phi) is 2.71. The smallest absolute Gasteiger partial charge is 0.204 e. The first kappa shape index (κ1) is 10.5. The van der Waals surface area contributed by atoms with Gasteiger partial charge in [0.05, 0.1) is 5.69 Å². The molecular weight excluding hydrogens is 277 g/mol. The second-order valence-electron chi connectivity index (χ2n) is 3.21. The minimum atomic E-state index is 0.440. The van der Waals surface area contributed by atoms with Crippen LogP contribution < -0.4 is 5.73 Å². The van der Waals surface area contributed by atoms with Crippen molar-refractivity contribution in [1.82, 2.24) is 9.55 Å². The minimum absolute atomic E-state index is 0.440. The van der Waals surface area contributed by atoms with Crippen LogP contribution in [-0.2, 0) is 0 Å². The van der Waals surface area contributed by atoms with Crippen molar-refractivity contribution >= 4 is 33.5 Å². The number of aryl methyl sites for hydroxylation is 1. The summed E-state index contributed by atoms with van der Waals surface area (Å²) in [6, 6.07) is 3.82. The molecule has 0 unspecified atom stereocenters. The van der Waals surface area contributed by atoms with E-state index in [1.165, 1.54) is 0 Å². The highest BCUT2D eigenvalue weighted by atomic mass is 79.9. The molecule has 5 heteroatoms. The van der Waals surface area contributed by atoms with E-state index in [2.05, 4.69) is 20.9 Å². The first-order valence-electron chi connectivity index (χ1n) is 4.34.